The molecule has 1 heterocycles. The summed E-state index contributed by atoms with van der Waals surface area (Å²) in [6.45, 7) is 10.2. The first-order valence-corrected chi connectivity index (χ1v) is 29.3. The van der Waals surface area contributed by atoms with E-state index in [0.29, 0.717) is 58.5 Å². The molecule has 384 valence electrons. The predicted molar refractivity (Wildman–Crippen MR) is 288 cm³/mol. The zero-order valence-corrected chi connectivity index (χ0v) is 44.5. The average Bonchev–Trinajstić information content (AvgIpc) is 3.43. The van der Waals surface area contributed by atoms with Gasteiger partial charge in [0, 0.05) is 58.5 Å². The van der Waals surface area contributed by atoms with E-state index >= 15 is 0 Å². The SMILES string of the molecule is CCCCCCCCC=CCCCCCCCC(=O)N1CCN(C(=O)CCCCCCCC=CCCCCCCCC)CCN(C(=O)CCCCCCCC=CCCCCCCCC)CC1. The van der Waals surface area contributed by atoms with Crippen LogP contribution in [0, 0.1) is 0 Å². The Morgan fingerprint density at radius 2 is 0.424 bits per heavy atom. The average molecular weight is 923 g/mol. The highest BCUT2D eigenvalue weighted by molar-refractivity contribution is 5.78. The number of amides is 3. The Balaban J connectivity index is 2.50. The molecule has 3 amide bonds. The maximum absolute atomic E-state index is 13.6. The van der Waals surface area contributed by atoms with Gasteiger partial charge in [-0.1, -0.05) is 211 Å². The summed E-state index contributed by atoms with van der Waals surface area (Å²) in [4.78, 5) is 46.8. The van der Waals surface area contributed by atoms with Gasteiger partial charge in [-0.15, -0.1) is 0 Å². The maximum Gasteiger partial charge on any atom is 0.222 e. The van der Waals surface area contributed by atoms with Crippen LogP contribution in [0.5, 0.6) is 0 Å². The second kappa shape index (κ2) is 49.1. The van der Waals surface area contributed by atoms with Crippen molar-refractivity contribution in [2.45, 2.75) is 290 Å². The monoisotopic (exact) mass is 922 g/mol. The van der Waals surface area contributed by atoms with Crippen LogP contribution in [0.3, 0.4) is 0 Å². The first-order chi connectivity index (χ1) is 32.5. The van der Waals surface area contributed by atoms with Crippen LogP contribution in [0.1, 0.15) is 290 Å². The summed E-state index contributed by atoms with van der Waals surface area (Å²) in [7, 11) is 0. The topological polar surface area (TPSA) is 60.9 Å². The lowest BCUT2D eigenvalue weighted by Crippen LogP contribution is -2.41. The van der Waals surface area contributed by atoms with Crippen LogP contribution in [-0.2, 0) is 14.4 Å². The Hall–Kier alpha value is -2.37. The van der Waals surface area contributed by atoms with E-state index < -0.39 is 0 Å². The van der Waals surface area contributed by atoms with Gasteiger partial charge in [0.15, 0.2) is 0 Å². The minimum Gasteiger partial charge on any atom is -0.339 e. The Morgan fingerprint density at radius 3 is 0.621 bits per heavy atom. The van der Waals surface area contributed by atoms with Crippen molar-refractivity contribution < 1.29 is 14.4 Å². The van der Waals surface area contributed by atoms with Crippen LogP contribution in [0.4, 0.5) is 0 Å². The molecule has 0 aromatic rings. The van der Waals surface area contributed by atoms with Crippen LogP contribution in [0.15, 0.2) is 36.5 Å². The number of hydrogen-bond acceptors (Lipinski definition) is 3. The van der Waals surface area contributed by atoms with Gasteiger partial charge >= 0.3 is 0 Å². The van der Waals surface area contributed by atoms with Gasteiger partial charge in [0.2, 0.25) is 17.7 Å². The van der Waals surface area contributed by atoms with Crippen molar-refractivity contribution in [3.05, 3.63) is 36.5 Å². The van der Waals surface area contributed by atoms with Gasteiger partial charge in [-0.05, 0) is 96.3 Å². The largest absolute Gasteiger partial charge is 0.339 e. The third kappa shape index (κ3) is 39.6. The lowest BCUT2D eigenvalue weighted by atomic mass is 10.1. The molecule has 1 aliphatic rings. The molecular weight excluding hydrogens is 811 g/mol. The number of rotatable bonds is 45. The summed E-state index contributed by atoms with van der Waals surface area (Å²) < 4.78 is 0. The van der Waals surface area contributed by atoms with Crippen LogP contribution < -0.4 is 0 Å². The second-order valence-corrected chi connectivity index (χ2v) is 20.1. The summed E-state index contributed by atoms with van der Waals surface area (Å²) in [6.07, 6.45) is 64.5. The predicted octanol–water partition coefficient (Wildman–Crippen LogP) is 17.6. The first-order valence-electron chi connectivity index (χ1n) is 29.3. The summed E-state index contributed by atoms with van der Waals surface area (Å²) in [5.41, 5.74) is 0. The highest BCUT2D eigenvalue weighted by atomic mass is 16.2. The number of unbranched alkanes of at least 4 members (excludes halogenated alkanes) is 33. The van der Waals surface area contributed by atoms with E-state index in [4.69, 9.17) is 0 Å². The fourth-order valence-electron chi connectivity index (χ4n) is 9.32. The third-order valence-electron chi connectivity index (χ3n) is 13.9. The molecule has 1 fully saturated rings. The van der Waals surface area contributed by atoms with E-state index in [9.17, 15) is 14.4 Å². The second-order valence-electron chi connectivity index (χ2n) is 20.1. The molecule has 6 nitrogen and oxygen atoms in total. The molecule has 6 heteroatoms. The van der Waals surface area contributed by atoms with E-state index in [-0.39, 0.29) is 17.7 Å². The first kappa shape index (κ1) is 61.6. The normalized spacial score (nSPS) is 14.0. The van der Waals surface area contributed by atoms with Gasteiger partial charge < -0.3 is 14.7 Å². The van der Waals surface area contributed by atoms with Gasteiger partial charge in [-0.3, -0.25) is 14.4 Å². The summed E-state index contributed by atoms with van der Waals surface area (Å²) >= 11 is 0. The van der Waals surface area contributed by atoms with Crippen molar-refractivity contribution in [3.8, 4) is 0 Å². The van der Waals surface area contributed by atoms with E-state index in [1.807, 2.05) is 14.7 Å². The molecule has 1 saturated heterocycles. The highest BCUT2D eigenvalue weighted by Gasteiger charge is 2.24. The quantitative estimate of drug-likeness (QED) is 0.0452. The smallest absolute Gasteiger partial charge is 0.222 e. The van der Waals surface area contributed by atoms with Gasteiger partial charge in [-0.25, -0.2) is 0 Å². The molecule has 1 aliphatic heterocycles. The lowest BCUT2D eigenvalue weighted by molar-refractivity contribution is -0.135. The number of carbonyl (C=O) groups excluding carboxylic acids is 3. The number of allylic oxidation sites excluding steroid dienone is 6. The van der Waals surface area contributed by atoms with Crippen molar-refractivity contribution in [1.82, 2.24) is 14.7 Å². The summed E-state index contributed by atoms with van der Waals surface area (Å²) in [5, 5.41) is 0. The van der Waals surface area contributed by atoms with E-state index in [1.165, 1.54) is 212 Å². The van der Waals surface area contributed by atoms with Gasteiger partial charge in [0.1, 0.15) is 0 Å². The molecule has 66 heavy (non-hydrogen) atoms. The molecule has 0 atom stereocenters. The molecule has 0 radical (unpaired) electrons. The summed E-state index contributed by atoms with van der Waals surface area (Å²) in [6, 6.07) is 0. The highest BCUT2D eigenvalue weighted by Crippen LogP contribution is 2.16. The third-order valence-corrected chi connectivity index (χ3v) is 13.9. The standard InChI is InChI=1S/C60H111N3O3/c1-4-7-10-13-16-19-22-25-28-31-34-37-40-43-46-49-58(64)61-52-54-62(59(65)50-47-44-41-38-35-32-29-26-23-20-17-14-11-8-5-2)56-57-63(55-53-61)60(66)51-48-45-42-39-36-33-30-27-24-21-18-15-12-9-6-3/h25-30H,4-24,31-57H2,1-3H3. The molecule has 1 rings (SSSR count). The van der Waals surface area contributed by atoms with Crippen LogP contribution in [0.2, 0.25) is 0 Å². The van der Waals surface area contributed by atoms with E-state index in [0.717, 1.165) is 38.5 Å². The van der Waals surface area contributed by atoms with E-state index in [2.05, 4.69) is 57.2 Å². The van der Waals surface area contributed by atoms with Crippen molar-refractivity contribution in [2.24, 2.45) is 0 Å². The molecule has 0 unspecified atom stereocenters. The van der Waals surface area contributed by atoms with E-state index in [1.54, 1.807) is 0 Å². The molecule has 0 aromatic carbocycles. The Morgan fingerprint density at radius 1 is 0.258 bits per heavy atom. The molecule has 0 spiro atoms. The Kier molecular flexibility index (Phi) is 45.8. The maximum atomic E-state index is 13.6. The Labute approximate surface area is 411 Å². The molecule has 0 aliphatic carbocycles. The molecule has 0 saturated carbocycles. The van der Waals surface area contributed by atoms with Crippen molar-refractivity contribution in [1.29, 1.82) is 0 Å². The van der Waals surface area contributed by atoms with Crippen LogP contribution in [0.25, 0.3) is 0 Å². The minimum atomic E-state index is 0.184. The molecule has 0 aromatic heterocycles. The zero-order valence-electron chi connectivity index (χ0n) is 44.5. The number of hydrogen-bond donors (Lipinski definition) is 0. The van der Waals surface area contributed by atoms with Gasteiger partial charge in [0.25, 0.3) is 0 Å². The fraction of sp³-hybridized carbons (Fsp3) is 0.850. The molecule has 0 bridgehead atoms. The number of nitrogens with zero attached hydrogens (tertiary/aromatic N) is 3. The molecular formula is C60H111N3O3. The van der Waals surface area contributed by atoms with Crippen LogP contribution in [-0.4, -0.2) is 71.7 Å². The summed E-state index contributed by atoms with van der Waals surface area (Å²) in [5.74, 6) is 0.552. The Bertz CT molecular complexity index is 1020. The van der Waals surface area contributed by atoms with Crippen molar-refractivity contribution in [2.75, 3.05) is 39.3 Å². The van der Waals surface area contributed by atoms with Gasteiger partial charge in [0.05, 0.1) is 0 Å². The van der Waals surface area contributed by atoms with Crippen molar-refractivity contribution >= 4 is 17.7 Å². The fourth-order valence-corrected chi connectivity index (χ4v) is 9.32. The van der Waals surface area contributed by atoms with Crippen molar-refractivity contribution in [3.63, 3.8) is 0 Å². The zero-order chi connectivity index (χ0) is 47.6. The van der Waals surface area contributed by atoms with Gasteiger partial charge in [-0.2, -0.15) is 0 Å². The number of carbonyl (C=O) groups is 3. The van der Waals surface area contributed by atoms with Crippen LogP contribution >= 0.6 is 0 Å². The lowest BCUT2D eigenvalue weighted by Gasteiger charge is -2.26. The minimum absolute atomic E-state index is 0.184. The molecule has 0 N–H and O–H groups in total.